The Morgan fingerprint density at radius 1 is 0.704 bits per heavy atom. The third kappa shape index (κ3) is 1.73. The minimum atomic E-state index is -3.39. The highest BCUT2D eigenvalue weighted by Gasteiger charge is 2.64. The second-order valence-corrected chi connectivity index (χ2v) is 9.99. The average Bonchev–Trinajstić information content (AvgIpc) is 2.73. The predicted molar refractivity (Wildman–Crippen MR) is 107 cm³/mol. The van der Waals surface area contributed by atoms with Gasteiger partial charge in [0, 0.05) is 11.8 Å². The Labute approximate surface area is 159 Å². The van der Waals surface area contributed by atoms with Gasteiger partial charge in [0.15, 0.2) is 9.84 Å². The molecule has 0 radical (unpaired) electrons. The molecule has 3 aliphatic carbocycles. The second kappa shape index (κ2) is 4.99. The van der Waals surface area contributed by atoms with Crippen molar-refractivity contribution in [2.45, 2.75) is 23.0 Å². The predicted octanol–water partition coefficient (Wildman–Crippen LogP) is 4.88. The molecule has 4 aliphatic rings. The Morgan fingerprint density at radius 3 is 1.78 bits per heavy atom. The van der Waals surface area contributed by atoms with Crippen LogP contribution in [-0.2, 0) is 9.84 Å². The van der Waals surface area contributed by atoms with Crippen molar-refractivity contribution < 1.29 is 8.42 Å². The zero-order chi connectivity index (χ0) is 18.2. The van der Waals surface area contributed by atoms with Gasteiger partial charge in [0.2, 0.25) is 0 Å². The van der Waals surface area contributed by atoms with Crippen molar-refractivity contribution in [2.75, 3.05) is 0 Å². The van der Waals surface area contributed by atoms with E-state index in [4.69, 9.17) is 0 Å². The molecule has 2 bridgehead atoms. The standard InChI is InChI=1S/C24H18O2S/c25-27(26)22(16-8-2-1-3-9-16)15-24(27)14-21-17-10-4-6-12-19(17)23(24)20-13-7-5-11-18(20)21/h1-13,15,21,23H,14H2. The molecular formula is C24H18O2S. The highest BCUT2D eigenvalue weighted by atomic mass is 32.2. The van der Waals surface area contributed by atoms with Crippen LogP contribution < -0.4 is 0 Å². The van der Waals surface area contributed by atoms with Gasteiger partial charge in [-0.2, -0.15) is 0 Å². The van der Waals surface area contributed by atoms with Crippen LogP contribution in [0.4, 0.5) is 0 Å². The van der Waals surface area contributed by atoms with Crippen molar-refractivity contribution in [3.63, 3.8) is 0 Å². The Hall–Kier alpha value is -2.65. The Morgan fingerprint density at radius 2 is 1.22 bits per heavy atom. The summed E-state index contributed by atoms with van der Waals surface area (Å²) in [4.78, 5) is 0.491. The van der Waals surface area contributed by atoms with E-state index in [2.05, 4.69) is 36.4 Å². The maximum atomic E-state index is 13.7. The molecule has 1 unspecified atom stereocenters. The Kier molecular flexibility index (Phi) is 2.85. The van der Waals surface area contributed by atoms with Crippen LogP contribution in [0.15, 0.2) is 84.9 Å². The summed E-state index contributed by atoms with van der Waals surface area (Å²) in [5.41, 5.74) is 5.75. The van der Waals surface area contributed by atoms with E-state index < -0.39 is 14.6 Å². The maximum absolute atomic E-state index is 13.7. The van der Waals surface area contributed by atoms with Gasteiger partial charge in [0.25, 0.3) is 0 Å². The topological polar surface area (TPSA) is 34.1 Å². The normalized spacial score (nSPS) is 28.8. The summed E-state index contributed by atoms with van der Waals surface area (Å²) in [6, 6.07) is 26.3. The molecule has 0 saturated carbocycles. The quantitative estimate of drug-likeness (QED) is 0.612. The van der Waals surface area contributed by atoms with Crippen LogP contribution >= 0.6 is 0 Å². The monoisotopic (exact) mass is 370 g/mol. The molecule has 0 N–H and O–H groups in total. The first-order valence-corrected chi connectivity index (χ1v) is 10.8. The van der Waals surface area contributed by atoms with E-state index in [0.717, 1.165) is 5.56 Å². The van der Waals surface area contributed by atoms with E-state index >= 15 is 0 Å². The van der Waals surface area contributed by atoms with E-state index in [9.17, 15) is 8.42 Å². The Balaban J connectivity index is 1.63. The molecule has 3 heteroatoms. The van der Waals surface area contributed by atoms with Gasteiger partial charge in [-0.1, -0.05) is 78.9 Å². The fourth-order valence-corrected chi connectivity index (χ4v) is 7.73. The molecule has 0 aromatic heterocycles. The van der Waals surface area contributed by atoms with Crippen LogP contribution in [0.3, 0.4) is 0 Å². The molecule has 7 rings (SSSR count). The summed E-state index contributed by atoms with van der Waals surface area (Å²) < 4.78 is 26.5. The van der Waals surface area contributed by atoms with Gasteiger partial charge in [-0.15, -0.1) is 0 Å². The van der Waals surface area contributed by atoms with Crippen LogP contribution in [0, 0.1) is 0 Å². The smallest absolute Gasteiger partial charge is 0.188 e. The number of sulfone groups is 1. The highest BCUT2D eigenvalue weighted by molar-refractivity contribution is 8.03. The third-order valence-electron chi connectivity index (χ3n) is 6.60. The van der Waals surface area contributed by atoms with E-state index in [0.29, 0.717) is 11.3 Å². The molecule has 1 heterocycles. The molecule has 1 aliphatic heterocycles. The highest BCUT2D eigenvalue weighted by Crippen LogP contribution is 2.65. The number of rotatable bonds is 1. The van der Waals surface area contributed by atoms with Crippen molar-refractivity contribution in [1.29, 1.82) is 0 Å². The van der Waals surface area contributed by atoms with Crippen molar-refractivity contribution in [3.8, 4) is 0 Å². The third-order valence-corrected chi connectivity index (χ3v) is 9.05. The van der Waals surface area contributed by atoms with Gasteiger partial charge in [0.05, 0.1) is 4.91 Å². The van der Waals surface area contributed by atoms with E-state index in [1.807, 2.05) is 48.5 Å². The number of hydrogen-bond donors (Lipinski definition) is 0. The summed E-state index contributed by atoms with van der Waals surface area (Å²) in [6.45, 7) is 0. The fraction of sp³-hybridized carbons (Fsp3) is 0.167. The zero-order valence-electron chi connectivity index (χ0n) is 14.7. The summed E-state index contributed by atoms with van der Waals surface area (Å²) >= 11 is 0. The lowest BCUT2D eigenvalue weighted by Crippen LogP contribution is -2.55. The first kappa shape index (κ1) is 15.4. The first-order valence-electron chi connectivity index (χ1n) is 9.34. The maximum Gasteiger partial charge on any atom is 0.188 e. The second-order valence-electron chi connectivity index (χ2n) is 7.78. The van der Waals surface area contributed by atoms with Crippen LogP contribution in [0.2, 0.25) is 0 Å². The summed E-state index contributed by atoms with van der Waals surface area (Å²) in [6.07, 6.45) is 2.69. The SMILES string of the molecule is O=S1(=O)C(c2ccccc2)=CC12CC1c3ccccc3C2c2ccccc21. The lowest BCUT2D eigenvalue weighted by molar-refractivity contribution is 0.424. The number of hydrogen-bond acceptors (Lipinski definition) is 2. The van der Waals surface area contributed by atoms with E-state index in [1.165, 1.54) is 22.3 Å². The van der Waals surface area contributed by atoms with E-state index in [-0.39, 0.29) is 11.8 Å². The van der Waals surface area contributed by atoms with Gasteiger partial charge >= 0.3 is 0 Å². The van der Waals surface area contributed by atoms with Gasteiger partial charge in [-0.3, -0.25) is 0 Å². The Bertz CT molecular complexity index is 1180. The lowest BCUT2D eigenvalue weighted by Gasteiger charge is -2.55. The van der Waals surface area contributed by atoms with Gasteiger partial charge < -0.3 is 0 Å². The zero-order valence-corrected chi connectivity index (χ0v) is 15.5. The van der Waals surface area contributed by atoms with Crippen LogP contribution in [0.5, 0.6) is 0 Å². The lowest BCUT2D eigenvalue weighted by atomic mass is 9.58. The molecular weight excluding hydrogens is 352 g/mol. The van der Waals surface area contributed by atoms with Crippen LogP contribution in [0.25, 0.3) is 4.91 Å². The molecule has 3 aromatic rings. The molecule has 3 aromatic carbocycles. The summed E-state index contributed by atoms with van der Waals surface area (Å²) in [7, 11) is -3.39. The van der Waals surface area contributed by atoms with E-state index in [1.54, 1.807) is 0 Å². The molecule has 0 saturated heterocycles. The molecule has 1 spiro atoms. The van der Waals surface area contributed by atoms with Crippen molar-refractivity contribution in [3.05, 3.63) is 113 Å². The van der Waals surface area contributed by atoms with Crippen molar-refractivity contribution in [1.82, 2.24) is 0 Å². The molecule has 0 amide bonds. The minimum absolute atomic E-state index is 0.118. The summed E-state index contributed by atoms with van der Waals surface area (Å²) in [5, 5.41) is 0. The van der Waals surface area contributed by atoms with Crippen LogP contribution in [-0.4, -0.2) is 13.2 Å². The molecule has 1 atom stereocenters. The fourth-order valence-electron chi connectivity index (χ4n) is 5.47. The van der Waals surface area contributed by atoms with Gasteiger partial charge in [-0.05, 0) is 40.3 Å². The molecule has 0 fully saturated rings. The van der Waals surface area contributed by atoms with Gasteiger partial charge in [0.1, 0.15) is 4.75 Å². The average molecular weight is 370 g/mol. The summed E-state index contributed by atoms with van der Waals surface area (Å²) in [5.74, 6) is 0.0260. The van der Waals surface area contributed by atoms with Crippen molar-refractivity contribution >= 4 is 14.7 Å². The number of benzene rings is 3. The molecule has 27 heavy (non-hydrogen) atoms. The largest absolute Gasteiger partial charge is 0.223 e. The van der Waals surface area contributed by atoms with Gasteiger partial charge in [-0.25, -0.2) is 8.42 Å². The molecule has 2 nitrogen and oxygen atoms in total. The van der Waals surface area contributed by atoms with Crippen molar-refractivity contribution in [2.24, 2.45) is 0 Å². The molecule has 132 valence electrons. The minimum Gasteiger partial charge on any atom is -0.223 e. The van der Waals surface area contributed by atoms with Crippen LogP contribution in [0.1, 0.15) is 46.1 Å². The first-order chi connectivity index (χ1) is 13.1.